The van der Waals surface area contributed by atoms with Crippen LogP contribution in [0.4, 0.5) is 0 Å². The first kappa shape index (κ1) is 15.4. The summed E-state index contributed by atoms with van der Waals surface area (Å²) in [6.07, 6.45) is 1.80. The highest BCUT2D eigenvalue weighted by molar-refractivity contribution is 9.10. The first-order chi connectivity index (χ1) is 9.38. The number of benzene rings is 2. The van der Waals surface area contributed by atoms with Crippen LogP contribution in [0.15, 0.2) is 66.6 Å². The minimum absolute atomic E-state index is 0.236. The Morgan fingerprint density at radius 1 is 1.00 bits per heavy atom. The summed E-state index contributed by atoms with van der Waals surface area (Å²) < 4.78 is 29.4. The smallest absolute Gasteiger partial charge is 0.199 e. The fraction of sp³-hybridized carbons (Fsp3) is 0.143. The molecule has 2 aromatic rings. The molecule has 0 N–H and O–H groups in total. The number of rotatable bonds is 3. The van der Waals surface area contributed by atoms with Gasteiger partial charge in [-0.1, -0.05) is 44.3 Å². The Kier molecular flexibility index (Phi) is 4.78. The SMILES string of the molecule is Cc1ccc(S(=O)(=O)N=S(C)c2ccc(Br)cc2)cc1. The zero-order valence-corrected chi connectivity index (χ0v) is 14.3. The van der Waals surface area contributed by atoms with Crippen LogP contribution in [0.3, 0.4) is 0 Å². The van der Waals surface area contributed by atoms with E-state index in [1.165, 1.54) is 0 Å². The molecule has 20 heavy (non-hydrogen) atoms. The van der Waals surface area contributed by atoms with Crippen molar-refractivity contribution >= 4 is 36.6 Å². The Hall–Kier alpha value is -0.980. The van der Waals surface area contributed by atoms with Crippen molar-refractivity contribution in [2.45, 2.75) is 16.7 Å². The lowest BCUT2D eigenvalue weighted by Gasteiger charge is -2.04. The summed E-state index contributed by atoms with van der Waals surface area (Å²) in [5.74, 6) is 0. The van der Waals surface area contributed by atoms with E-state index in [2.05, 4.69) is 19.7 Å². The van der Waals surface area contributed by atoms with Crippen LogP contribution in [0.25, 0.3) is 0 Å². The molecule has 1 unspecified atom stereocenters. The van der Waals surface area contributed by atoms with Crippen LogP contribution in [-0.4, -0.2) is 14.7 Å². The van der Waals surface area contributed by atoms with E-state index in [0.29, 0.717) is 0 Å². The van der Waals surface area contributed by atoms with Gasteiger partial charge in [0.1, 0.15) is 0 Å². The van der Waals surface area contributed by atoms with Crippen LogP contribution in [0.5, 0.6) is 0 Å². The van der Waals surface area contributed by atoms with E-state index >= 15 is 0 Å². The number of hydrogen-bond acceptors (Lipinski definition) is 2. The summed E-state index contributed by atoms with van der Waals surface area (Å²) in [5, 5.41) is 0. The maximum Gasteiger partial charge on any atom is 0.288 e. The third-order valence-corrected chi connectivity index (χ3v) is 6.71. The molecule has 0 saturated heterocycles. The van der Waals surface area contributed by atoms with E-state index < -0.39 is 20.7 Å². The zero-order chi connectivity index (χ0) is 14.8. The van der Waals surface area contributed by atoms with Gasteiger partial charge in [0.15, 0.2) is 0 Å². The lowest BCUT2D eigenvalue weighted by atomic mass is 10.2. The Labute approximate surface area is 130 Å². The molecule has 0 radical (unpaired) electrons. The largest absolute Gasteiger partial charge is 0.288 e. The van der Waals surface area contributed by atoms with Crippen LogP contribution in [0, 0.1) is 6.92 Å². The lowest BCUT2D eigenvalue weighted by molar-refractivity contribution is 0.598. The van der Waals surface area contributed by atoms with Crippen molar-refractivity contribution in [3.8, 4) is 0 Å². The fourth-order valence-electron chi connectivity index (χ4n) is 1.58. The van der Waals surface area contributed by atoms with Crippen LogP contribution in [0.1, 0.15) is 5.56 Å². The summed E-state index contributed by atoms with van der Waals surface area (Å²) in [6, 6.07) is 14.2. The maximum absolute atomic E-state index is 12.2. The predicted molar refractivity (Wildman–Crippen MR) is 86.5 cm³/mol. The van der Waals surface area contributed by atoms with Crippen molar-refractivity contribution in [3.63, 3.8) is 0 Å². The molecule has 0 aliphatic rings. The van der Waals surface area contributed by atoms with Gasteiger partial charge in [0, 0.05) is 9.37 Å². The summed E-state index contributed by atoms with van der Waals surface area (Å²) in [7, 11) is -4.31. The Bertz CT molecular complexity index is 736. The van der Waals surface area contributed by atoms with Gasteiger partial charge >= 0.3 is 0 Å². The summed E-state index contributed by atoms with van der Waals surface area (Å²) in [6.45, 7) is 1.92. The van der Waals surface area contributed by atoms with Gasteiger partial charge in [0.25, 0.3) is 10.0 Å². The Morgan fingerprint density at radius 2 is 1.55 bits per heavy atom. The van der Waals surface area contributed by atoms with Crippen LogP contribution in [-0.2, 0) is 20.7 Å². The van der Waals surface area contributed by atoms with E-state index in [4.69, 9.17) is 0 Å². The molecular weight excluding hydrogens is 358 g/mol. The average Bonchev–Trinajstić information content (AvgIpc) is 2.39. The molecule has 0 aliphatic carbocycles. The second-order valence-corrected chi connectivity index (χ2v) is 8.66. The highest BCUT2D eigenvalue weighted by Gasteiger charge is 2.13. The van der Waals surface area contributed by atoms with E-state index in [1.54, 1.807) is 30.5 Å². The van der Waals surface area contributed by atoms with Crippen LogP contribution in [0.2, 0.25) is 0 Å². The third kappa shape index (κ3) is 3.77. The molecular formula is C14H14BrNO2S2. The summed E-state index contributed by atoms with van der Waals surface area (Å²) in [5.41, 5.74) is 1.02. The molecule has 6 heteroatoms. The first-order valence-corrected chi connectivity index (χ1v) is 9.67. The predicted octanol–water partition coefficient (Wildman–Crippen LogP) is 3.94. The molecule has 0 heterocycles. The fourth-order valence-corrected chi connectivity index (χ4v) is 4.72. The van der Waals surface area contributed by atoms with Crippen molar-refractivity contribution in [2.75, 3.05) is 6.26 Å². The van der Waals surface area contributed by atoms with Gasteiger partial charge in [-0.15, -0.1) is 3.77 Å². The van der Waals surface area contributed by atoms with E-state index in [9.17, 15) is 8.42 Å². The minimum Gasteiger partial charge on any atom is -0.199 e. The topological polar surface area (TPSA) is 46.5 Å². The molecule has 0 amide bonds. The molecule has 0 bridgehead atoms. The molecule has 2 aromatic carbocycles. The normalized spacial score (nSPS) is 13.3. The van der Waals surface area contributed by atoms with Crippen LogP contribution < -0.4 is 0 Å². The van der Waals surface area contributed by atoms with E-state index in [0.717, 1.165) is 14.9 Å². The monoisotopic (exact) mass is 371 g/mol. The molecule has 0 saturated carbocycles. The van der Waals surface area contributed by atoms with Gasteiger partial charge in [0.2, 0.25) is 0 Å². The third-order valence-electron chi connectivity index (χ3n) is 2.68. The second-order valence-electron chi connectivity index (χ2n) is 4.29. The van der Waals surface area contributed by atoms with Crippen molar-refractivity contribution in [1.29, 1.82) is 0 Å². The van der Waals surface area contributed by atoms with Crippen molar-refractivity contribution in [3.05, 3.63) is 58.6 Å². The van der Waals surface area contributed by atoms with Gasteiger partial charge in [-0.2, -0.15) is 8.42 Å². The molecule has 1 atom stereocenters. The Balaban J connectivity index is 2.37. The quantitative estimate of drug-likeness (QED) is 0.820. The number of halogens is 1. The minimum atomic E-state index is -3.61. The Morgan fingerprint density at radius 3 is 2.10 bits per heavy atom. The van der Waals surface area contributed by atoms with Gasteiger partial charge in [-0.05, 0) is 49.6 Å². The highest BCUT2D eigenvalue weighted by atomic mass is 79.9. The molecule has 3 nitrogen and oxygen atoms in total. The highest BCUT2D eigenvalue weighted by Crippen LogP contribution is 2.18. The molecule has 106 valence electrons. The van der Waals surface area contributed by atoms with Gasteiger partial charge in [0.05, 0.1) is 4.90 Å². The molecule has 0 aromatic heterocycles. The molecule has 0 spiro atoms. The standard InChI is InChI=1S/C14H14BrNO2S2/c1-11-3-9-14(10-4-11)20(17,18)16-19(2)13-7-5-12(15)6-8-13/h3-10H,1-2H3. The number of hydrogen-bond donors (Lipinski definition) is 0. The number of aryl methyl sites for hydroxylation is 1. The molecule has 0 aliphatic heterocycles. The molecule has 2 rings (SSSR count). The number of sulfonamides is 1. The molecule has 0 fully saturated rings. The zero-order valence-electron chi connectivity index (χ0n) is 11.1. The lowest BCUT2D eigenvalue weighted by Crippen LogP contribution is -2.00. The van der Waals surface area contributed by atoms with Gasteiger partial charge < -0.3 is 0 Å². The first-order valence-electron chi connectivity index (χ1n) is 5.85. The van der Waals surface area contributed by atoms with Crippen molar-refractivity contribution in [2.24, 2.45) is 3.77 Å². The van der Waals surface area contributed by atoms with Crippen molar-refractivity contribution in [1.82, 2.24) is 0 Å². The summed E-state index contributed by atoms with van der Waals surface area (Å²) in [4.78, 5) is 1.13. The maximum atomic E-state index is 12.2. The van der Waals surface area contributed by atoms with E-state index in [-0.39, 0.29) is 4.90 Å². The average molecular weight is 372 g/mol. The van der Waals surface area contributed by atoms with Gasteiger partial charge in [-0.25, -0.2) is 0 Å². The van der Waals surface area contributed by atoms with Crippen molar-refractivity contribution < 1.29 is 8.42 Å². The van der Waals surface area contributed by atoms with Crippen LogP contribution >= 0.6 is 15.9 Å². The van der Waals surface area contributed by atoms with E-state index in [1.807, 2.05) is 31.2 Å². The van der Waals surface area contributed by atoms with Gasteiger partial charge in [-0.3, -0.25) is 0 Å². The number of nitrogens with zero attached hydrogens (tertiary/aromatic N) is 1. The summed E-state index contributed by atoms with van der Waals surface area (Å²) >= 11 is 3.35. The second kappa shape index (κ2) is 6.20.